The fourth-order valence-electron chi connectivity index (χ4n) is 3.07. The van der Waals surface area contributed by atoms with E-state index in [-0.39, 0.29) is 6.23 Å². The molecular formula is C17H25IN4O. The molecule has 0 aliphatic carbocycles. The molecular weight excluding hydrogens is 403 g/mol. The Kier molecular flexibility index (Phi) is 5.90. The molecule has 5 nitrogen and oxygen atoms in total. The molecule has 1 unspecified atom stereocenters. The number of nitrogens with zero attached hydrogens (tertiary/aromatic N) is 3. The van der Waals surface area contributed by atoms with Crippen molar-refractivity contribution in [1.82, 2.24) is 20.0 Å². The Morgan fingerprint density at radius 3 is 3.04 bits per heavy atom. The van der Waals surface area contributed by atoms with E-state index in [9.17, 15) is 0 Å². The Bertz CT molecular complexity index is 651. The van der Waals surface area contributed by atoms with Crippen molar-refractivity contribution in [2.75, 3.05) is 33.8 Å². The fourth-order valence-corrected chi connectivity index (χ4v) is 3.56. The van der Waals surface area contributed by atoms with E-state index < -0.39 is 0 Å². The minimum absolute atomic E-state index is 0.0858. The van der Waals surface area contributed by atoms with E-state index in [1.54, 1.807) is 0 Å². The van der Waals surface area contributed by atoms with Crippen LogP contribution in [0.2, 0.25) is 0 Å². The Balaban J connectivity index is 1.91. The van der Waals surface area contributed by atoms with Crippen LogP contribution in [0, 0.1) is 3.57 Å². The molecule has 3 rings (SSSR count). The third-order valence-corrected chi connectivity index (χ3v) is 5.01. The predicted octanol–water partition coefficient (Wildman–Crippen LogP) is 2.99. The summed E-state index contributed by atoms with van der Waals surface area (Å²) in [6.07, 6.45) is 3.52. The summed E-state index contributed by atoms with van der Waals surface area (Å²) in [5.74, 6) is 0. The molecule has 1 atom stereocenters. The quantitative estimate of drug-likeness (QED) is 0.719. The number of halogens is 1. The maximum atomic E-state index is 5.96. The van der Waals surface area contributed by atoms with Crippen LogP contribution < -0.4 is 5.32 Å². The molecule has 0 bridgehead atoms. The van der Waals surface area contributed by atoms with Crippen molar-refractivity contribution >= 4 is 33.5 Å². The molecule has 2 aromatic rings. The van der Waals surface area contributed by atoms with E-state index in [1.165, 1.54) is 20.9 Å². The summed E-state index contributed by atoms with van der Waals surface area (Å²) in [5.41, 5.74) is 2.33. The van der Waals surface area contributed by atoms with Crippen molar-refractivity contribution in [3.8, 4) is 0 Å². The first-order chi connectivity index (χ1) is 11.2. The second-order valence-electron chi connectivity index (χ2n) is 6.22. The summed E-state index contributed by atoms with van der Waals surface area (Å²) in [4.78, 5) is 2.31. The summed E-state index contributed by atoms with van der Waals surface area (Å²) >= 11 is 2.37. The second-order valence-corrected chi connectivity index (χ2v) is 7.46. The third kappa shape index (κ3) is 4.04. The van der Waals surface area contributed by atoms with Crippen LogP contribution in [0.15, 0.2) is 18.2 Å². The van der Waals surface area contributed by atoms with Gasteiger partial charge in [0, 0.05) is 35.2 Å². The monoisotopic (exact) mass is 428 g/mol. The molecule has 1 aliphatic rings. The van der Waals surface area contributed by atoms with Crippen molar-refractivity contribution < 1.29 is 4.74 Å². The molecule has 1 N–H and O–H groups in total. The minimum Gasteiger partial charge on any atom is -0.356 e. The van der Waals surface area contributed by atoms with E-state index in [2.05, 4.69) is 62.7 Å². The maximum Gasteiger partial charge on any atom is 0.150 e. The van der Waals surface area contributed by atoms with E-state index in [0.29, 0.717) is 0 Å². The summed E-state index contributed by atoms with van der Waals surface area (Å²) in [7, 11) is 4.13. The molecule has 1 aromatic carbocycles. The molecule has 6 heteroatoms. The van der Waals surface area contributed by atoms with Crippen LogP contribution in [0.25, 0.3) is 10.9 Å². The lowest BCUT2D eigenvalue weighted by Crippen LogP contribution is -2.27. The van der Waals surface area contributed by atoms with Gasteiger partial charge < -0.3 is 10.1 Å². The van der Waals surface area contributed by atoms with Gasteiger partial charge >= 0.3 is 0 Å². The first-order valence-electron chi connectivity index (χ1n) is 8.30. The van der Waals surface area contributed by atoms with Crippen molar-refractivity contribution in [3.05, 3.63) is 27.5 Å². The molecule has 0 amide bonds. The largest absolute Gasteiger partial charge is 0.356 e. The fraction of sp³-hybridized carbons (Fsp3) is 0.588. The van der Waals surface area contributed by atoms with E-state index in [4.69, 9.17) is 9.84 Å². The minimum atomic E-state index is 0.0858. The number of hydrogen-bond acceptors (Lipinski definition) is 4. The lowest BCUT2D eigenvalue weighted by molar-refractivity contribution is -0.0369. The number of aromatic nitrogens is 2. The van der Waals surface area contributed by atoms with Crippen LogP contribution in [-0.2, 0) is 11.3 Å². The molecule has 126 valence electrons. The highest BCUT2D eigenvalue weighted by molar-refractivity contribution is 14.1. The molecule has 1 fully saturated rings. The number of fused-ring (bicyclic) bond motifs is 1. The van der Waals surface area contributed by atoms with E-state index in [0.717, 1.165) is 44.8 Å². The summed E-state index contributed by atoms with van der Waals surface area (Å²) < 4.78 is 9.31. The summed E-state index contributed by atoms with van der Waals surface area (Å²) in [5, 5.41) is 9.38. The van der Waals surface area contributed by atoms with Gasteiger partial charge in [-0.05, 0) is 74.1 Å². The highest BCUT2D eigenvalue weighted by Crippen LogP contribution is 2.29. The molecule has 0 saturated carbocycles. The highest BCUT2D eigenvalue weighted by atomic mass is 127. The number of ether oxygens (including phenoxy) is 1. The van der Waals surface area contributed by atoms with Gasteiger partial charge in [0.2, 0.25) is 0 Å². The van der Waals surface area contributed by atoms with Gasteiger partial charge in [-0.15, -0.1) is 0 Å². The number of benzene rings is 1. The van der Waals surface area contributed by atoms with Crippen molar-refractivity contribution in [2.45, 2.75) is 32.0 Å². The average molecular weight is 428 g/mol. The molecule has 0 radical (unpaired) electrons. The van der Waals surface area contributed by atoms with Crippen LogP contribution in [0.1, 0.15) is 31.2 Å². The summed E-state index contributed by atoms with van der Waals surface area (Å²) in [6, 6.07) is 6.57. The smallest absolute Gasteiger partial charge is 0.150 e. The lowest BCUT2D eigenvalue weighted by Gasteiger charge is -2.23. The SMILES string of the molecule is CNCCN(C)Cc1nn(C2CCCCO2)c2ccc(I)cc12. The van der Waals surface area contributed by atoms with Gasteiger partial charge in [-0.3, -0.25) is 4.90 Å². The van der Waals surface area contributed by atoms with Gasteiger partial charge in [-0.25, -0.2) is 4.68 Å². The maximum absolute atomic E-state index is 5.96. The summed E-state index contributed by atoms with van der Waals surface area (Å²) in [6.45, 7) is 3.69. The lowest BCUT2D eigenvalue weighted by atomic mass is 10.1. The first-order valence-corrected chi connectivity index (χ1v) is 9.38. The number of hydrogen-bond donors (Lipinski definition) is 1. The van der Waals surface area contributed by atoms with Crippen LogP contribution in [-0.4, -0.2) is 48.5 Å². The predicted molar refractivity (Wildman–Crippen MR) is 102 cm³/mol. The molecule has 0 spiro atoms. The topological polar surface area (TPSA) is 42.3 Å². The zero-order valence-corrected chi connectivity index (χ0v) is 16.0. The Labute approximate surface area is 151 Å². The molecule has 23 heavy (non-hydrogen) atoms. The molecule has 1 aliphatic heterocycles. The van der Waals surface area contributed by atoms with Gasteiger partial charge in [0.05, 0.1) is 11.2 Å². The van der Waals surface area contributed by atoms with Crippen molar-refractivity contribution in [3.63, 3.8) is 0 Å². The zero-order chi connectivity index (χ0) is 16.2. The van der Waals surface area contributed by atoms with Gasteiger partial charge in [0.15, 0.2) is 6.23 Å². The Hall–Kier alpha value is -0.700. The van der Waals surface area contributed by atoms with Crippen molar-refractivity contribution in [2.24, 2.45) is 0 Å². The Morgan fingerprint density at radius 1 is 1.43 bits per heavy atom. The number of rotatable bonds is 6. The standard InChI is InChI=1S/C17H25IN4O/c1-19-8-9-21(2)12-15-14-11-13(18)6-7-16(14)22(20-15)17-5-3-4-10-23-17/h6-7,11,17,19H,3-5,8-10,12H2,1-2H3. The van der Waals surface area contributed by atoms with Gasteiger partial charge in [0.25, 0.3) is 0 Å². The van der Waals surface area contributed by atoms with Crippen LogP contribution in [0.5, 0.6) is 0 Å². The van der Waals surface area contributed by atoms with Gasteiger partial charge in [-0.2, -0.15) is 5.10 Å². The van der Waals surface area contributed by atoms with Crippen LogP contribution in [0.3, 0.4) is 0 Å². The van der Waals surface area contributed by atoms with Crippen LogP contribution >= 0.6 is 22.6 Å². The van der Waals surface area contributed by atoms with E-state index in [1.807, 2.05) is 7.05 Å². The third-order valence-electron chi connectivity index (χ3n) is 4.34. The van der Waals surface area contributed by atoms with Crippen molar-refractivity contribution in [1.29, 1.82) is 0 Å². The number of likely N-dealkylation sites (N-methyl/N-ethyl adjacent to an activating group) is 2. The second kappa shape index (κ2) is 7.92. The normalized spacial score (nSPS) is 18.9. The van der Waals surface area contributed by atoms with Gasteiger partial charge in [0.1, 0.15) is 0 Å². The highest BCUT2D eigenvalue weighted by Gasteiger charge is 2.21. The van der Waals surface area contributed by atoms with E-state index >= 15 is 0 Å². The Morgan fingerprint density at radius 2 is 2.30 bits per heavy atom. The molecule has 1 aromatic heterocycles. The first kappa shape index (κ1) is 17.1. The molecule has 1 saturated heterocycles. The zero-order valence-electron chi connectivity index (χ0n) is 13.9. The average Bonchev–Trinajstić information content (AvgIpc) is 2.91. The van der Waals surface area contributed by atoms with Gasteiger partial charge in [-0.1, -0.05) is 0 Å². The van der Waals surface area contributed by atoms with Crippen LogP contribution in [0.4, 0.5) is 0 Å². The number of nitrogens with one attached hydrogen (secondary N) is 1. The molecule has 2 heterocycles.